The van der Waals surface area contributed by atoms with Crippen LogP contribution in [-0.2, 0) is 16.0 Å². The lowest BCUT2D eigenvalue weighted by Crippen LogP contribution is -2.48. The van der Waals surface area contributed by atoms with Crippen molar-refractivity contribution >= 4 is 11.9 Å². The molecule has 3 N–H and O–H groups in total. The number of hydrogen-bond donors (Lipinski definition) is 3. The molecule has 1 aromatic carbocycles. The smallest absolute Gasteiger partial charge is 0.326 e. The Labute approximate surface area is 113 Å². The Morgan fingerprint density at radius 2 is 1.89 bits per heavy atom. The molecule has 0 aliphatic rings. The number of hydrogen-bond acceptors (Lipinski definition) is 3. The van der Waals surface area contributed by atoms with E-state index in [1.54, 1.807) is 14.0 Å². The van der Waals surface area contributed by atoms with Crippen LogP contribution in [-0.4, -0.2) is 36.1 Å². The Hall–Kier alpha value is -1.88. The van der Waals surface area contributed by atoms with Gasteiger partial charge in [0, 0.05) is 0 Å². The molecule has 1 aromatic rings. The number of benzene rings is 1. The van der Waals surface area contributed by atoms with Gasteiger partial charge >= 0.3 is 5.97 Å². The number of aliphatic carboxylic acids is 1. The molecule has 0 aromatic heterocycles. The van der Waals surface area contributed by atoms with Gasteiger partial charge in [-0.25, -0.2) is 4.79 Å². The molecule has 5 heteroatoms. The summed E-state index contributed by atoms with van der Waals surface area (Å²) in [5.74, 6) is -1.31. The lowest BCUT2D eigenvalue weighted by atomic mass is 10.1. The second kappa shape index (κ2) is 7.53. The normalized spacial score (nSPS) is 13.6. The fourth-order valence-electron chi connectivity index (χ4n) is 1.64. The van der Waals surface area contributed by atoms with E-state index in [0.29, 0.717) is 12.8 Å². The minimum atomic E-state index is -1.01. The summed E-state index contributed by atoms with van der Waals surface area (Å²) in [7, 11) is 1.66. The molecule has 1 rings (SSSR count). The average Bonchev–Trinajstić information content (AvgIpc) is 2.42. The summed E-state index contributed by atoms with van der Waals surface area (Å²) in [6, 6.07) is 8.35. The quantitative estimate of drug-likeness (QED) is 0.680. The predicted octanol–water partition coefficient (Wildman–Crippen LogP) is 0.796. The molecule has 0 heterocycles. The Balaban J connectivity index is 2.54. The first-order chi connectivity index (χ1) is 9.04. The van der Waals surface area contributed by atoms with Gasteiger partial charge in [0.2, 0.25) is 5.91 Å². The Morgan fingerprint density at radius 3 is 2.42 bits per heavy atom. The Kier molecular flexibility index (Phi) is 6.02. The average molecular weight is 264 g/mol. The van der Waals surface area contributed by atoms with Crippen molar-refractivity contribution in [3.05, 3.63) is 35.9 Å². The van der Waals surface area contributed by atoms with E-state index in [1.807, 2.05) is 30.3 Å². The molecule has 0 radical (unpaired) electrons. The summed E-state index contributed by atoms with van der Waals surface area (Å²) >= 11 is 0. The highest BCUT2D eigenvalue weighted by Gasteiger charge is 2.21. The number of carbonyl (C=O) groups excluding carboxylic acids is 1. The lowest BCUT2D eigenvalue weighted by Gasteiger charge is -2.17. The fourth-order valence-corrected chi connectivity index (χ4v) is 1.64. The number of carboxylic acids is 1. The highest BCUT2D eigenvalue weighted by atomic mass is 16.4. The van der Waals surface area contributed by atoms with Crippen LogP contribution in [0.15, 0.2) is 30.3 Å². The first kappa shape index (κ1) is 15.2. The Morgan fingerprint density at radius 1 is 1.26 bits per heavy atom. The number of amides is 1. The van der Waals surface area contributed by atoms with Gasteiger partial charge in [-0.2, -0.15) is 0 Å². The second-order valence-electron chi connectivity index (χ2n) is 4.43. The number of rotatable bonds is 7. The first-order valence-corrected chi connectivity index (χ1v) is 6.29. The number of nitrogens with one attached hydrogen (secondary N) is 2. The molecule has 0 aliphatic carbocycles. The summed E-state index contributed by atoms with van der Waals surface area (Å²) in [6.07, 6.45) is 0.994. The van der Waals surface area contributed by atoms with E-state index in [4.69, 9.17) is 5.11 Å². The largest absolute Gasteiger partial charge is 0.480 e. The van der Waals surface area contributed by atoms with Gasteiger partial charge in [-0.3, -0.25) is 4.79 Å². The number of carbonyl (C=O) groups is 2. The first-order valence-electron chi connectivity index (χ1n) is 6.29. The Bertz CT molecular complexity index is 420. The van der Waals surface area contributed by atoms with Crippen molar-refractivity contribution in [3.63, 3.8) is 0 Å². The summed E-state index contributed by atoms with van der Waals surface area (Å²) in [5, 5.41) is 14.4. The van der Waals surface area contributed by atoms with Crippen LogP contribution in [0.4, 0.5) is 0 Å². The topological polar surface area (TPSA) is 78.4 Å². The van der Waals surface area contributed by atoms with Crippen LogP contribution in [0.5, 0.6) is 0 Å². The minimum Gasteiger partial charge on any atom is -0.480 e. The summed E-state index contributed by atoms with van der Waals surface area (Å²) in [5.41, 5.74) is 1.06. The highest BCUT2D eigenvalue weighted by molar-refractivity contribution is 5.86. The van der Waals surface area contributed by atoms with Crippen LogP contribution in [0, 0.1) is 0 Å². The van der Waals surface area contributed by atoms with Crippen LogP contribution in [0.3, 0.4) is 0 Å². The minimum absolute atomic E-state index is 0.303. The van der Waals surface area contributed by atoms with Crippen molar-refractivity contribution in [2.45, 2.75) is 31.8 Å². The van der Waals surface area contributed by atoms with Gasteiger partial charge in [0.1, 0.15) is 6.04 Å². The standard InChI is InChI=1S/C14H20N2O3/c1-10(15-2)13(17)16-12(14(18)19)9-8-11-6-4-3-5-7-11/h3-7,10,12,15H,8-9H2,1-2H3,(H,16,17)(H,18,19)/t10?,12-/m0/s1. The van der Waals surface area contributed by atoms with E-state index in [9.17, 15) is 9.59 Å². The SMILES string of the molecule is CNC(C)C(=O)N[C@@H](CCc1ccccc1)C(=O)O. The van der Waals surface area contributed by atoms with Crippen LogP contribution in [0.1, 0.15) is 18.9 Å². The molecule has 0 bridgehead atoms. The molecular formula is C14H20N2O3. The van der Waals surface area contributed by atoms with Crippen molar-refractivity contribution in [1.82, 2.24) is 10.6 Å². The van der Waals surface area contributed by atoms with E-state index in [2.05, 4.69) is 10.6 Å². The maximum Gasteiger partial charge on any atom is 0.326 e. The van der Waals surface area contributed by atoms with E-state index in [-0.39, 0.29) is 5.91 Å². The zero-order valence-corrected chi connectivity index (χ0v) is 11.2. The fraction of sp³-hybridized carbons (Fsp3) is 0.429. The van der Waals surface area contributed by atoms with Gasteiger partial charge in [-0.1, -0.05) is 30.3 Å². The van der Waals surface area contributed by atoms with Crippen molar-refractivity contribution in [1.29, 1.82) is 0 Å². The molecule has 1 amide bonds. The number of aryl methyl sites for hydroxylation is 1. The lowest BCUT2D eigenvalue weighted by molar-refractivity contribution is -0.142. The molecule has 104 valence electrons. The van der Waals surface area contributed by atoms with E-state index < -0.39 is 18.1 Å². The van der Waals surface area contributed by atoms with Crippen LogP contribution < -0.4 is 10.6 Å². The number of carboxylic acid groups (broad SMARTS) is 1. The van der Waals surface area contributed by atoms with E-state index in [1.165, 1.54) is 0 Å². The van der Waals surface area contributed by atoms with E-state index >= 15 is 0 Å². The second-order valence-corrected chi connectivity index (χ2v) is 4.43. The molecule has 2 atom stereocenters. The van der Waals surface area contributed by atoms with Crippen molar-refractivity contribution in [2.24, 2.45) is 0 Å². The molecule has 1 unspecified atom stereocenters. The van der Waals surface area contributed by atoms with Crippen LogP contribution >= 0.6 is 0 Å². The third-order valence-electron chi connectivity index (χ3n) is 3.01. The summed E-state index contributed by atoms with van der Waals surface area (Å²) < 4.78 is 0. The summed E-state index contributed by atoms with van der Waals surface area (Å²) in [4.78, 5) is 22.8. The summed E-state index contributed by atoms with van der Waals surface area (Å²) in [6.45, 7) is 1.69. The molecule has 0 saturated carbocycles. The molecular weight excluding hydrogens is 244 g/mol. The molecule has 0 fully saturated rings. The zero-order chi connectivity index (χ0) is 14.3. The molecule has 19 heavy (non-hydrogen) atoms. The highest BCUT2D eigenvalue weighted by Crippen LogP contribution is 2.05. The van der Waals surface area contributed by atoms with Crippen LogP contribution in [0.2, 0.25) is 0 Å². The van der Waals surface area contributed by atoms with Gasteiger partial charge in [0.15, 0.2) is 0 Å². The molecule has 0 spiro atoms. The third kappa shape index (κ3) is 5.09. The predicted molar refractivity (Wildman–Crippen MR) is 72.9 cm³/mol. The maximum absolute atomic E-state index is 11.7. The van der Waals surface area contributed by atoms with Gasteiger partial charge in [-0.05, 0) is 32.4 Å². The van der Waals surface area contributed by atoms with Crippen molar-refractivity contribution in [2.75, 3.05) is 7.05 Å². The van der Waals surface area contributed by atoms with Crippen molar-refractivity contribution < 1.29 is 14.7 Å². The van der Waals surface area contributed by atoms with Gasteiger partial charge < -0.3 is 15.7 Å². The molecule has 0 aliphatic heterocycles. The monoisotopic (exact) mass is 264 g/mol. The number of likely N-dealkylation sites (N-methyl/N-ethyl adjacent to an activating group) is 1. The van der Waals surface area contributed by atoms with Gasteiger partial charge in [0.25, 0.3) is 0 Å². The third-order valence-corrected chi connectivity index (χ3v) is 3.01. The van der Waals surface area contributed by atoms with Gasteiger partial charge in [-0.15, -0.1) is 0 Å². The van der Waals surface area contributed by atoms with Gasteiger partial charge in [0.05, 0.1) is 6.04 Å². The van der Waals surface area contributed by atoms with Crippen molar-refractivity contribution in [3.8, 4) is 0 Å². The zero-order valence-electron chi connectivity index (χ0n) is 11.2. The van der Waals surface area contributed by atoms with Crippen LogP contribution in [0.25, 0.3) is 0 Å². The molecule has 0 saturated heterocycles. The van der Waals surface area contributed by atoms with E-state index in [0.717, 1.165) is 5.56 Å². The maximum atomic E-state index is 11.7. The molecule has 5 nitrogen and oxygen atoms in total.